The number of hydrogen-bond acceptors (Lipinski definition) is 4. The van der Waals surface area contributed by atoms with E-state index in [0.29, 0.717) is 28.0 Å². The van der Waals surface area contributed by atoms with Crippen molar-refractivity contribution in [1.82, 2.24) is 10.3 Å². The third-order valence-corrected chi connectivity index (χ3v) is 6.30. The Morgan fingerprint density at radius 3 is 2.82 bits per heavy atom. The van der Waals surface area contributed by atoms with Crippen LogP contribution in [0.4, 0.5) is 4.39 Å². The van der Waals surface area contributed by atoms with Gasteiger partial charge in [-0.25, -0.2) is 9.37 Å². The molecule has 34 heavy (non-hydrogen) atoms. The molecule has 1 fully saturated rings. The SMILES string of the molecule is Cc1cc2ncc(Oc3cccc(C4CC4)c3)c(C(=O)NCC(F)c3ccc(Cl)cc3Cl)c2o1. The molecule has 1 atom stereocenters. The van der Waals surface area contributed by atoms with E-state index in [4.69, 9.17) is 32.4 Å². The van der Waals surface area contributed by atoms with Gasteiger partial charge < -0.3 is 14.5 Å². The van der Waals surface area contributed by atoms with Crippen molar-refractivity contribution in [3.8, 4) is 11.5 Å². The number of pyridine rings is 1. The number of halogens is 3. The fourth-order valence-corrected chi connectivity index (χ4v) is 4.41. The Kier molecular flexibility index (Phi) is 6.19. The van der Waals surface area contributed by atoms with E-state index in [1.807, 2.05) is 18.2 Å². The number of benzene rings is 2. The first-order chi connectivity index (χ1) is 16.4. The van der Waals surface area contributed by atoms with Gasteiger partial charge in [-0.2, -0.15) is 0 Å². The summed E-state index contributed by atoms with van der Waals surface area (Å²) >= 11 is 12.0. The highest BCUT2D eigenvalue weighted by Gasteiger charge is 2.25. The Hall–Kier alpha value is -3.09. The van der Waals surface area contributed by atoms with Crippen molar-refractivity contribution < 1.29 is 18.3 Å². The van der Waals surface area contributed by atoms with Crippen molar-refractivity contribution in [3.05, 3.63) is 87.2 Å². The first kappa shape index (κ1) is 22.7. The standard InChI is InChI=1S/C26H21Cl2FN2O3/c1-14-9-22-25(33-14)24(26(32)31-12-21(29)19-8-7-17(27)11-20(19)28)23(13-30-22)34-18-4-2-3-16(10-18)15-5-6-15/h2-4,7-11,13,15,21H,5-6,12H2,1H3,(H,31,32). The summed E-state index contributed by atoms with van der Waals surface area (Å²) in [4.78, 5) is 17.6. The first-order valence-corrected chi connectivity index (χ1v) is 11.7. The van der Waals surface area contributed by atoms with Crippen LogP contribution in [0.1, 0.15) is 52.2 Å². The lowest BCUT2D eigenvalue weighted by Crippen LogP contribution is -2.27. The summed E-state index contributed by atoms with van der Waals surface area (Å²) < 4.78 is 26.7. The highest BCUT2D eigenvalue weighted by atomic mass is 35.5. The minimum absolute atomic E-state index is 0.157. The zero-order valence-corrected chi connectivity index (χ0v) is 19.8. The fraction of sp³-hybridized carbons (Fsp3) is 0.231. The summed E-state index contributed by atoms with van der Waals surface area (Å²) in [5.74, 6) is 1.44. The van der Waals surface area contributed by atoms with E-state index >= 15 is 0 Å². The van der Waals surface area contributed by atoms with Crippen LogP contribution in [0.2, 0.25) is 10.0 Å². The summed E-state index contributed by atoms with van der Waals surface area (Å²) in [5.41, 5.74) is 2.40. The van der Waals surface area contributed by atoms with Crippen molar-refractivity contribution in [2.45, 2.75) is 31.9 Å². The predicted molar refractivity (Wildman–Crippen MR) is 130 cm³/mol. The van der Waals surface area contributed by atoms with Crippen molar-refractivity contribution in [2.24, 2.45) is 0 Å². The second-order valence-electron chi connectivity index (χ2n) is 8.36. The van der Waals surface area contributed by atoms with E-state index in [2.05, 4.69) is 16.4 Å². The van der Waals surface area contributed by atoms with Gasteiger partial charge in [0.2, 0.25) is 0 Å². The lowest BCUT2D eigenvalue weighted by atomic mass is 10.1. The van der Waals surface area contributed by atoms with Crippen LogP contribution in [-0.2, 0) is 0 Å². The van der Waals surface area contributed by atoms with Crippen molar-refractivity contribution in [3.63, 3.8) is 0 Å². The number of ether oxygens (including phenoxy) is 1. The molecule has 2 heterocycles. The fourth-order valence-electron chi connectivity index (χ4n) is 3.88. The molecule has 1 aliphatic carbocycles. The van der Waals surface area contributed by atoms with Crippen LogP contribution in [0.15, 0.2) is 59.1 Å². The Labute approximate surface area is 205 Å². The number of nitrogens with zero attached hydrogens (tertiary/aromatic N) is 1. The molecular formula is C26H21Cl2FN2O3. The van der Waals surface area contributed by atoms with Gasteiger partial charge in [-0.05, 0) is 55.5 Å². The quantitative estimate of drug-likeness (QED) is 0.285. The van der Waals surface area contributed by atoms with Crippen LogP contribution in [0.5, 0.6) is 11.5 Å². The number of furan rings is 1. The third kappa shape index (κ3) is 4.74. The van der Waals surface area contributed by atoms with Gasteiger partial charge in [0.25, 0.3) is 5.91 Å². The summed E-state index contributed by atoms with van der Waals surface area (Å²) in [5, 5.41) is 3.24. The molecule has 1 N–H and O–H groups in total. The van der Waals surface area contributed by atoms with Gasteiger partial charge in [-0.1, -0.05) is 41.4 Å². The molecule has 0 radical (unpaired) electrons. The van der Waals surface area contributed by atoms with Gasteiger partial charge in [0.1, 0.15) is 28.8 Å². The van der Waals surface area contributed by atoms with Crippen LogP contribution in [0, 0.1) is 6.92 Å². The maximum atomic E-state index is 14.9. The molecule has 2 aromatic heterocycles. The molecule has 5 rings (SSSR count). The van der Waals surface area contributed by atoms with E-state index in [1.54, 1.807) is 19.1 Å². The number of amides is 1. The van der Waals surface area contributed by atoms with Crippen LogP contribution in [0.3, 0.4) is 0 Å². The molecule has 2 aromatic carbocycles. The number of hydrogen-bond donors (Lipinski definition) is 1. The maximum absolute atomic E-state index is 14.9. The Bertz CT molecular complexity index is 1380. The minimum atomic E-state index is -1.52. The van der Waals surface area contributed by atoms with Crippen LogP contribution >= 0.6 is 23.2 Å². The predicted octanol–water partition coefficient (Wildman–Crippen LogP) is 7.55. The topological polar surface area (TPSA) is 64.4 Å². The van der Waals surface area contributed by atoms with Gasteiger partial charge in [-0.15, -0.1) is 0 Å². The lowest BCUT2D eigenvalue weighted by Gasteiger charge is -2.14. The van der Waals surface area contributed by atoms with Gasteiger partial charge in [0.05, 0.1) is 12.7 Å². The number of alkyl halides is 1. The number of carbonyl (C=O) groups is 1. The molecule has 4 aromatic rings. The third-order valence-electron chi connectivity index (χ3n) is 5.73. The van der Waals surface area contributed by atoms with E-state index in [9.17, 15) is 9.18 Å². The molecule has 1 amide bonds. The van der Waals surface area contributed by atoms with Crippen molar-refractivity contribution in [1.29, 1.82) is 0 Å². The second kappa shape index (κ2) is 9.28. The van der Waals surface area contributed by atoms with E-state index < -0.39 is 12.1 Å². The normalized spacial score (nSPS) is 14.2. The number of carbonyl (C=O) groups excluding carboxylic acids is 1. The molecule has 1 aliphatic rings. The minimum Gasteiger partial charge on any atom is -0.459 e. The summed E-state index contributed by atoms with van der Waals surface area (Å²) in [7, 11) is 0. The maximum Gasteiger partial charge on any atom is 0.259 e. The number of nitrogens with one attached hydrogen (secondary N) is 1. The Balaban J connectivity index is 1.42. The molecule has 0 aliphatic heterocycles. The molecule has 0 saturated heterocycles. The molecule has 0 bridgehead atoms. The van der Waals surface area contributed by atoms with E-state index in [1.165, 1.54) is 36.7 Å². The van der Waals surface area contributed by atoms with Crippen LogP contribution < -0.4 is 10.1 Å². The van der Waals surface area contributed by atoms with E-state index in [0.717, 1.165) is 0 Å². The molecule has 174 valence electrons. The Morgan fingerprint density at radius 2 is 2.06 bits per heavy atom. The number of rotatable bonds is 7. The molecule has 8 heteroatoms. The van der Waals surface area contributed by atoms with Gasteiger partial charge in [0.15, 0.2) is 11.3 Å². The smallest absolute Gasteiger partial charge is 0.259 e. The van der Waals surface area contributed by atoms with Gasteiger partial charge in [-0.3, -0.25) is 4.79 Å². The molecule has 5 nitrogen and oxygen atoms in total. The lowest BCUT2D eigenvalue weighted by molar-refractivity contribution is 0.0940. The Morgan fingerprint density at radius 1 is 1.24 bits per heavy atom. The summed E-state index contributed by atoms with van der Waals surface area (Å²) in [6.07, 6.45) is 2.29. The van der Waals surface area contributed by atoms with Gasteiger partial charge >= 0.3 is 0 Å². The number of fused-ring (bicyclic) bond motifs is 1. The molecule has 0 spiro atoms. The average molecular weight is 499 g/mol. The zero-order valence-electron chi connectivity index (χ0n) is 18.3. The number of aromatic nitrogens is 1. The largest absolute Gasteiger partial charge is 0.459 e. The van der Waals surface area contributed by atoms with Crippen LogP contribution in [-0.4, -0.2) is 17.4 Å². The summed E-state index contributed by atoms with van der Waals surface area (Å²) in [6, 6.07) is 14.0. The van der Waals surface area contributed by atoms with E-state index in [-0.39, 0.29) is 34.0 Å². The monoisotopic (exact) mass is 498 g/mol. The van der Waals surface area contributed by atoms with Crippen molar-refractivity contribution >= 4 is 40.2 Å². The molecule has 1 unspecified atom stereocenters. The summed E-state index contributed by atoms with van der Waals surface area (Å²) in [6.45, 7) is 1.48. The first-order valence-electron chi connectivity index (χ1n) is 10.9. The van der Waals surface area contributed by atoms with Crippen molar-refractivity contribution in [2.75, 3.05) is 6.54 Å². The number of aryl methyl sites for hydroxylation is 1. The van der Waals surface area contributed by atoms with Crippen LogP contribution in [0.25, 0.3) is 11.1 Å². The second-order valence-corrected chi connectivity index (χ2v) is 9.20. The van der Waals surface area contributed by atoms with Gasteiger partial charge in [0, 0.05) is 21.7 Å². The highest BCUT2D eigenvalue weighted by molar-refractivity contribution is 6.35. The average Bonchev–Trinajstić information content (AvgIpc) is 3.58. The molecule has 1 saturated carbocycles. The molecular weight excluding hydrogens is 478 g/mol. The zero-order chi connectivity index (χ0) is 23.8. The highest BCUT2D eigenvalue weighted by Crippen LogP contribution is 2.41.